The van der Waals surface area contributed by atoms with Crippen molar-refractivity contribution < 1.29 is 14.3 Å². The van der Waals surface area contributed by atoms with Crippen LogP contribution in [0.25, 0.3) is 0 Å². The van der Waals surface area contributed by atoms with Crippen LogP contribution in [0, 0.1) is 6.92 Å². The minimum absolute atomic E-state index is 0.300. The molecule has 0 fully saturated rings. The topological polar surface area (TPSA) is 73.3 Å². The van der Waals surface area contributed by atoms with Gasteiger partial charge in [0.25, 0.3) is 0 Å². The van der Waals surface area contributed by atoms with Crippen LogP contribution in [0.4, 0.5) is 0 Å². The monoisotopic (exact) mass is 239 g/mol. The molecule has 0 bridgehead atoms. The third kappa shape index (κ3) is 4.36. The first-order chi connectivity index (χ1) is 8.17. The van der Waals surface area contributed by atoms with Gasteiger partial charge in [-0.05, 0) is 14.0 Å². The Morgan fingerprint density at radius 1 is 1.47 bits per heavy atom. The first kappa shape index (κ1) is 13.4. The molecule has 0 spiro atoms. The van der Waals surface area contributed by atoms with Gasteiger partial charge in [0.2, 0.25) is 5.88 Å². The Labute approximate surface area is 100 Å². The summed E-state index contributed by atoms with van der Waals surface area (Å²) >= 11 is 0. The minimum atomic E-state index is -0.363. The van der Waals surface area contributed by atoms with Crippen LogP contribution in [-0.2, 0) is 9.53 Å². The Morgan fingerprint density at radius 2 is 2.24 bits per heavy atom. The second kappa shape index (κ2) is 6.80. The summed E-state index contributed by atoms with van der Waals surface area (Å²) in [5.74, 6) is 0.154. The summed E-state index contributed by atoms with van der Waals surface area (Å²) < 4.78 is 10.0. The van der Waals surface area contributed by atoms with Crippen molar-refractivity contribution in [2.75, 3.05) is 20.8 Å². The van der Waals surface area contributed by atoms with Gasteiger partial charge in [0.05, 0.1) is 31.8 Å². The number of nitrogens with one attached hydrogen (secondary N) is 1. The number of esters is 1. The van der Waals surface area contributed by atoms with Gasteiger partial charge in [-0.2, -0.15) is 0 Å². The lowest BCUT2D eigenvalue weighted by Crippen LogP contribution is -2.36. The van der Waals surface area contributed by atoms with Crippen LogP contribution in [-0.4, -0.2) is 42.7 Å². The fraction of sp³-hybridized carbons (Fsp3) is 0.545. The van der Waals surface area contributed by atoms with E-state index in [0.29, 0.717) is 18.9 Å². The maximum absolute atomic E-state index is 11.3. The van der Waals surface area contributed by atoms with Crippen LogP contribution in [0.3, 0.4) is 0 Å². The van der Waals surface area contributed by atoms with E-state index < -0.39 is 0 Å². The molecule has 1 aromatic heterocycles. The van der Waals surface area contributed by atoms with E-state index in [1.165, 1.54) is 7.11 Å². The molecular weight excluding hydrogens is 222 g/mol. The average Bonchev–Trinajstić information content (AvgIpc) is 2.36. The Bertz CT molecular complexity index is 353. The molecule has 94 valence electrons. The van der Waals surface area contributed by atoms with Gasteiger partial charge in [-0.25, -0.2) is 4.98 Å². The number of hydrogen-bond donors (Lipinski definition) is 1. The van der Waals surface area contributed by atoms with Gasteiger partial charge < -0.3 is 14.8 Å². The van der Waals surface area contributed by atoms with Gasteiger partial charge >= 0.3 is 5.97 Å². The molecule has 0 aromatic carbocycles. The lowest BCUT2D eigenvalue weighted by molar-refractivity contribution is -0.143. The Balaban J connectivity index is 2.36. The number of nitrogens with zero attached hydrogens (tertiary/aromatic N) is 2. The maximum Gasteiger partial charge on any atom is 0.322 e. The molecular formula is C11H17N3O3. The molecule has 1 N–H and O–H groups in total. The molecule has 0 unspecified atom stereocenters. The van der Waals surface area contributed by atoms with Crippen molar-refractivity contribution >= 4 is 5.97 Å². The molecule has 1 aromatic rings. The molecule has 0 aliphatic heterocycles. The van der Waals surface area contributed by atoms with Gasteiger partial charge in [0.15, 0.2) is 0 Å². The van der Waals surface area contributed by atoms with E-state index in [0.717, 1.165) is 5.69 Å². The number of hydrogen-bond acceptors (Lipinski definition) is 6. The van der Waals surface area contributed by atoms with E-state index in [2.05, 4.69) is 20.0 Å². The average molecular weight is 239 g/mol. The van der Waals surface area contributed by atoms with E-state index in [9.17, 15) is 4.79 Å². The quantitative estimate of drug-likeness (QED) is 0.720. The molecule has 1 atom stereocenters. The summed E-state index contributed by atoms with van der Waals surface area (Å²) in [7, 11) is 3.06. The standard InChI is InChI=1S/C11H17N3O3/c1-8-6-14-10(7-13-8)17-5-4-9(12-2)11(15)16-3/h6-7,9,12H,4-5H2,1-3H3/t9-/m0/s1. The predicted octanol–water partition coefficient (Wildman–Crippen LogP) is 0.315. The van der Waals surface area contributed by atoms with Gasteiger partial charge in [0.1, 0.15) is 6.04 Å². The molecule has 0 aliphatic rings. The normalized spacial score (nSPS) is 11.9. The molecule has 6 heteroatoms. The number of carbonyl (C=O) groups is 1. The van der Waals surface area contributed by atoms with Crippen molar-refractivity contribution in [1.29, 1.82) is 0 Å². The highest BCUT2D eigenvalue weighted by Crippen LogP contribution is 2.04. The van der Waals surface area contributed by atoms with Crippen molar-refractivity contribution in [2.24, 2.45) is 0 Å². The Kier molecular flexibility index (Phi) is 5.35. The number of carbonyl (C=O) groups excluding carboxylic acids is 1. The van der Waals surface area contributed by atoms with Gasteiger partial charge in [-0.15, -0.1) is 0 Å². The van der Waals surface area contributed by atoms with Crippen LogP contribution in [0.1, 0.15) is 12.1 Å². The molecule has 0 amide bonds. The summed E-state index contributed by atoms with van der Waals surface area (Å²) in [4.78, 5) is 19.4. The molecule has 1 rings (SSSR count). The summed E-state index contributed by atoms with van der Waals surface area (Å²) in [6.45, 7) is 2.23. The first-order valence-electron chi connectivity index (χ1n) is 5.34. The van der Waals surface area contributed by atoms with Crippen LogP contribution in [0.15, 0.2) is 12.4 Å². The van der Waals surface area contributed by atoms with Gasteiger partial charge in [-0.1, -0.05) is 0 Å². The number of rotatable bonds is 6. The van der Waals surface area contributed by atoms with Crippen molar-refractivity contribution in [3.63, 3.8) is 0 Å². The highest BCUT2D eigenvalue weighted by Gasteiger charge is 2.16. The zero-order valence-corrected chi connectivity index (χ0v) is 10.3. The van der Waals surface area contributed by atoms with Gasteiger partial charge in [0, 0.05) is 6.42 Å². The molecule has 17 heavy (non-hydrogen) atoms. The second-order valence-electron chi connectivity index (χ2n) is 3.50. The minimum Gasteiger partial charge on any atom is -0.476 e. The second-order valence-corrected chi connectivity index (χ2v) is 3.50. The fourth-order valence-electron chi connectivity index (χ4n) is 1.26. The summed E-state index contributed by atoms with van der Waals surface area (Å²) in [6.07, 6.45) is 3.70. The highest BCUT2D eigenvalue weighted by molar-refractivity contribution is 5.75. The predicted molar refractivity (Wildman–Crippen MR) is 61.7 cm³/mol. The SMILES string of the molecule is CN[C@@H](CCOc1cnc(C)cn1)C(=O)OC. The lowest BCUT2D eigenvalue weighted by Gasteiger charge is -2.13. The smallest absolute Gasteiger partial charge is 0.322 e. The van der Waals surface area contributed by atoms with Crippen LogP contribution in [0.5, 0.6) is 5.88 Å². The molecule has 0 radical (unpaired) electrons. The van der Waals surface area contributed by atoms with E-state index >= 15 is 0 Å². The van der Waals surface area contributed by atoms with Gasteiger partial charge in [-0.3, -0.25) is 9.78 Å². The summed E-state index contributed by atoms with van der Waals surface area (Å²) in [6, 6.07) is -0.363. The molecule has 0 aliphatic carbocycles. The van der Waals surface area contributed by atoms with Crippen molar-refractivity contribution in [3.05, 3.63) is 18.1 Å². The number of aromatic nitrogens is 2. The zero-order valence-electron chi connectivity index (χ0n) is 10.3. The number of likely N-dealkylation sites (N-methyl/N-ethyl adjacent to an activating group) is 1. The largest absolute Gasteiger partial charge is 0.476 e. The van der Waals surface area contributed by atoms with E-state index in [-0.39, 0.29) is 12.0 Å². The molecule has 0 saturated carbocycles. The van der Waals surface area contributed by atoms with E-state index in [1.807, 2.05) is 6.92 Å². The van der Waals surface area contributed by atoms with Crippen molar-refractivity contribution in [3.8, 4) is 5.88 Å². The number of ether oxygens (including phenoxy) is 2. The molecule has 6 nitrogen and oxygen atoms in total. The Hall–Kier alpha value is -1.69. The zero-order chi connectivity index (χ0) is 12.7. The third-order valence-corrected chi connectivity index (χ3v) is 2.25. The molecule has 0 saturated heterocycles. The summed E-state index contributed by atoms with van der Waals surface area (Å²) in [5, 5.41) is 2.86. The Morgan fingerprint density at radius 3 is 2.76 bits per heavy atom. The molecule has 1 heterocycles. The van der Waals surface area contributed by atoms with Crippen LogP contribution in [0.2, 0.25) is 0 Å². The van der Waals surface area contributed by atoms with Crippen LogP contribution >= 0.6 is 0 Å². The third-order valence-electron chi connectivity index (χ3n) is 2.25. The van der Waals surface area contributed by atoms with Crippen molar-refractivity contribution in [2.45, 2.75) is 19.4 Å². The van der Waals surface area contributed by atoms with Crippen molar-refractivity contribution in [1.82, 2.24) is 15.3 Å². The summed E-state index contributed by atoms with van der Waals surface area (Å²) in [5.41, 5.74) is 0.833. The lowest BCUT2D eigenvalue weighted by atomic mass is 10.2. The van der Waals surface area contributed by atoms with E-state index in [1.54, 1.807) is 19.4 Å². The first-order valence-corrected chi connectivity index (χ1v) is 5.34. The number of methoxy groups -OCH3 is 1. The maximum atomic E-state index is 11.3. The fourth-order valence-corrected chi connectivity index (χ4v) is 1.26. The highest BCUT2D eigenvalue weighted by atomic mass is 16.5. The van der Waals surface area contributed by atoms with Crippen LogP contribution < -0.4 is 10.1 Å². The number of aryl methyl sites for hydroxylation is 1. The van der Waals surface area contributed by atoms with E-state index in [4.69, 9.17) is 4.74 Å².